The number of amides is 1. The predicted octanol–water partition coefficient (Wildman–Crippen LogP) is 1.44. The molecule has 1 fully saturated rings. The van der Waals surface area contributed by atoms with Crippen molar-refractivity contribution >= 4 is 33.2 Å². The number of rotatable bonds is 3. The Hall–Kier alpha value is -2.35. The van der Waals surface area contributed by atoms with Gasteiger partial charge in [0.2, 0.25) is 5.91 Å². The van der Waals surface area contributed by atoms with Gasteiger partial charge >= 0.3 is 0 Å². The lowest BCUT2D eigenvalue weighted by Gasteiger charge is -2.27. The number of carbonyl (C=O) groups excluding carboxylic acids is 1. The first-order valence-corrected chi connectivity index (χ1v) is 7.64. The van der Waals surface area contributed by atoms with Crippen LogP contribution in [0.1, 0.15) is 0 Å². The van der Waals surface area contributed by atoms with Gasteiger partial charge < -0.3 is 10.2 Å². The quantitative estimate of drug-likeness (QED) is 0.526. The van der Waals surface area contributed by atoms with E-state index in [1.54, 1.807) is 23.1 Å². The zero-order valence-corrected chi connectivity index (χ0v) is 12.5. The minimum absolute atomic E-state index is 0.0505. The standard InChI is InChI=1S/C13H14N6O2S/c14-17-16-9-1-2-10-11(7-9)22-19(13(10)21)8-12(20)18-5-3-15-4-6-18/h1-2,7,15H,3-6,8H2. The van der Waals surface area contributed by atoms with Crippen LogP contribution in [0, 0.1) is 0 Å². The van der Waals surface area contributed by atoms with Gasteiger partial charge in [0.05, 0.1) is 10.1 Å². The molecule has 3 rings (SSSR count). The molecule has 1 amide bonds. The van der Waals surface area contributed by atoms with Crippen molar-refractivity contribution in [1.82, 2.24) is 14.2 Å². The van der Waals surface area contributed by atoms with Crippen LogP contribution in [0.15, 0.2) is 28.1 Å². The molecule has 1 N–H and O–H groups in total. The molecule has 1 aliphatic rings. The van der Waals surface area contributed by atoms with Gasteiger partial charge in [-0.3, -0.25) is 13.5 Å². The molecule has 22 heavy (non-hydrogen) atoms. The number of aromatic nitrogens is 1. The average molecular weight is 318 g/mol. The molecule has 0 spiro atoms. The molecule has 114 valence electrons. The number of piperazine rings is 1. The van der Waals surface area contributed by atoms with E-state index in [1.807, 2.05) is 0 Å². The summed E-state index contributed by atoms with van der Waals surface area (Å²) in [6.45, 7) is 2.94. The van der Waals surface area contributed by atoms with E-state index in [0.29, 0.717) is 28.9 Å². The first-order valence-electron chi connectivity index (χ1n) is 6.86. The van der Waals surface area contributed by atoms with Crippen LogP contribution in [0.2, 0.25) is 0 Å². The summed E-state index contributed by atoms with van der Waals surface area (Å²) in [7, 11) is 0. The second-order valence-electron chi connectivity index (χ2n) is 4.93. The minimum Gasteiger partial charge on any atom is -0.339 e. The average Bonchev–Trinajstić information content (AvgIpc) is 2.84. The molecule has 0 unspecified atom stereocenters. The number of nitrogens with zero attached hydrogens (tertiary/aromatic N) is 5. The first-order chi connectivity index (χ1) is 10.7. The summed E-state index contributed by atoms with van der Waals surface area (Å²) in [5.74, 6) is -0.0505. The van der Waals surface area contributed by atoms with Crippen molar-refractivity contribution < 1.29 is 4.79 Å². The zero-order chi connectivity index (χ0) is 15.5. The van der Waals surface area contributed by atoms with Gasteiger partial charge in [-0.05, 0) is 17.7 Å². The summed E-state index contributed by atoms with van der Waals surface area (Å²) >= 11 is 1.21. The molecule has 0 radical (unpaired) electrons. The summed E-state index contributed by atoms with van der Waals surface area (Å²) in [6, 6.07) is 4.88. The van der Waals surface area contributed by atoms with Crippen molar-refractivity contribution in [2.45, 2.75) is 6.54 Å². The number of benzene rings is 1. The molecule has 2 heterocycles. The lowest BCUT2D eigenvalue weighted by Crippen LogP contribution is -2.47. The third-order valence-corrected chi connectivity index (χ3v) is 4.59. The normalized spacial score (nSPS) is 14.8. The largest absolute Gasteiger partial charge is 0.339 e. The molecule has 1 aromatic carbocycles. The molecule has 0 saturated carbocycles. The van der Waals surface area contributed by atoms with Gasteiger partial charge in [-0.25, -0.2) is 0 Å². The van der Waals surface area contributed by atoms with Crippen LogP contribution in [0.5, 0.6) is 0 Å². The fraction of sp³-hybridized carbons (Fsp3) is 0.385. The topological polar surface area (TPSA) is 103 Å². The first kappa shape index (κ1) is 14.6. The summed E-state index contributed by atoms with van der Waals surface area (Å²) in [5, 5.41) is 7.25. The molecule has 0 atom stereocenters. The zero-order valence-electron chi connectivity index (χ0n) is 11.7. The van der Waals surface area contributed by atoms with E-state index in [0.717, 1.165) is 13.1 Å². The van der Waals surface area contributed by atoms with Gasteiger partial charge in [-0.2, -0.15) is 0 Å². The Morgan fingerprint density at radius 1 is 1.41 bits per heavy atom. The van der Waals surface area contributed by atoms with Crippen LogP contribution in [0.25, 0.3) is 20.5 Å². The Balaban J connectivity index is 1.87. The Morgan fingerprint density at radius 3 is 2.91 bits per heavy atom. The number of carbonyl (C=O) groups is 1. The molecule has 0 aliphatic carbocycles. The maximum Gasteiger partial charge on any atom is 0.268 e. The Morgan fingerprint density at radius 2 is 2.18 bits per heavy atom. The molecule has 1 aliphatic heterocycles. The smallest absolute Gasteiger partial charge is 0.268 e. The second kappa shape index (κ2) is 6.18. The summed E-state index contributed by atoms with van der Waals surface area (Å²) < 4.78 is 2.16. The van der Waals surface area contributed by atoms with Crippen molar-refractivity contribution in [3.63, 3.8) is 0 Å². The van der Waals surface area contributed by atoms with Crippen molar-refractivity contribution in [3.8, 4) is 0 Å². The Bertz CT molecular complexity index is 814. The molecule has 1 saturated heterocycles. The Kier molecular flexibility index (Phi) is 4.10. The highest BCUT2D eigenvalue weighted by atomic mass is 32.1. The van der Waals surface area contributed by atoms with Gasteiger partial charge in [-0.1, -0.05) is 22.7 Å². The summed E-state index contributed by atoms with van der Waals surface area (Å²) in [4.78, 5) is 29.0. The number of hydrogen-bond donors (Lipinski definition) is 1. The molecule has 0 bridgehead atoms. The van der Waals surface area contributed by atoms with Gasteiger partial charge in [0, 0.05) is 36.8 Å². The third kappa shape index (κ3) is 2.82. The van der Waals surface area contributed by atoms with E-state index in [1.165, 1.54) is 15.5 Å². The van der Waals surface area contributed by atoms with Crippen LogP contribution < -0.4 is 10.9 Å². The third-order valence-electron chi connectivity index (χ3n) is 3.54. The van der Waals surface area contributed by atoms with E-state index in [2.05, 4.69) is 15.3 Å². The van der Waals surface area contributed by atoms with Crippen molar-refractivity contribution in [2.24, 2.45) is 5.11 Å². The van der Waals surface area contributed by atoms with Gasteiger partial charge in [-0.15, -0.1) is 0 Å². The monoisotopic (exact) mass is 318 g/mol. The second-order valence-corrected chi connectivity index (χ2v) is 6.00. The summed E-state index contributed by atoms with van der Waals surface area (Å²) in [5.41, 5.74) is 8.73. The predicted molar refractivity (Wildman–Crippen MR) is 84.3 cm³/mol. The summed E-state index contributed by atoms with van der Waals surface area (Å²) in [6.07, 6.45) is 0. The lowest BCUT2D eigenvalue weighted by atomic mass is 10.2. The molecular formula is C13H14N6O2S. The van der Waals surface area contributed by atoms with E-state index in [9.17, 15) is 9.59 Å². The van der Waals surface area contributed by atoms with Gasteiger partial charge in [0.1, 0.15) is 6.54 Å². The maximum absolute atomic E-state index is 12.3. The van der Waals surface area contributed by atoms with Crippen LogP contribution in [0.3, 0.4) is 0 Å². The highest BCUT2D eigenvalue weighted by Crippen LogP contribution is 2.23. The highest BCUT2D eigenvalue weighted by Gasteiger charge is 2.18. The van der Waals surface area contributed by atoms with E-state index >= 15 is 0 Å². The lowest BCUT2D eigenvalue weighted by molar-refractivity contribution is -0.132. The number of azide groups is 1. The SMILES string of the molecule is [N-]=[N+]=Nc1ccc2c(=O)n(CC(=O)N3CCNCC3)sc2c1. The number of nitrogens with one attached hydrogen (secondary N) is 1. The van der Waals surface area contributed by atoms with E-state index in [4.69, 9.17) is 5.53 Å². The fourth-order valence-corrected chi connectivity index (χ4v) is 3.43. The van der Waals surface area contributed by atoms with Gasteiger partial charge in [0.15, 0.2) is 0 Å². The molecular weight excluding hydrogens is 304 g/mol. The number of hydrogen-bond acceptors (Lipinski definition) is 5. The minimum atomic E-state index is -0.184. The van der Waals surface area contributed by atoms with Crippen molar-refractivity contribution in [1.29, 1.82) is 0 Å². The highest BCUT2D eigenvalue weighted by molar-refractivity contribution is 7.13. The van der Waals surface area contributed by atoms with Crippen LogP contribution in [-0.2, 0) is 11.3 Å². The Labute approximate surface area is 129 Å². The maximum atomic E-state index is 12.3. The fourth-order valence-electron chi connectivity index (χ4n) is 2.41. The van der Waals surface area contributed by atoms with Crippen LogP contribution in [0.4, 0.5) is 5.69 Å². The van der Waals surface area contributed by atoms with Crippen molar-refractivity contribution in [2.75, 3.05) is 26.2 Å². The van der Waals surface area contributed by atoms with Crippen LogP contribution >= 0.6 is 11.5 Å². The molecule has 2 aromatic rings. The number of fused-ring (bicyclic) bond motifs is 1. The molecule has 1 aromatic heterocycles. The van der Waals surface area contributed by atoms with E-state index < -0.39 is 0 Å². The molecule has 9 heteroatoms. The van der Waals surface area contributed by atoms with E-state index in [-0.39, 0.29) is 18.0 Å². The molecule has 8 nitrogen and oxygen atoms in total. The van der Waals surface area contributed by atoms with Crippen molar-refractivity contribution in [3.05, 3.63) is 39.0 Å². The van der Waals surface area contributed by atoms with Crippen LogP contribution in [-0.4, -0.2) is 40.9 Å². The van der Waals surface area contributed by atoms with Gasteiger partial charge in [0.25, 0.3) is 5.56 Å².